The molecule has 7 heteroatoms. The quantitative estimate of drug-likeness (QED) is 0.469. The Labute approximate surface area is 191 Å². The third kappa shape index (κ3) is 4.07. The number of hydrogen-bond acceptors (Lipinski definition) is 6. The third-order valence-electron chi connectivity index (χ3n) is 6.37. The van der Waals surface area contributed by atoms with Gasteiger partial charge in [0, 0.05) is 36.1 Å². The summed E-state index contributed by atoms with van der Waals surface area (Å²) >= 11 is 0. The lowest BCUT2D eigenvalue weighted by atomic mass is 9.95. The molecular weight excluding hydrogens is 414 g/mol. The average Bonchev–Trinajstić information content (AvgIpc) is 3.51. The first kappa shape index (κ1) is 19.9. The van der Waals surface area contributed by atoms with Crippen LogP contribution in [0.3, 0.4) is 0 Å². The summed E-state index contributed by atoms with van der Waals surface area (Å²) < 4.78 is 8.09. The summed E-state index contributed by atoms with van der Waals surface area (Å²) in [6, 6.07) is 14.3. The Morgan fingerprint density at radius 3 is 2.73 bits per heavy atom. The van der Waals surface area contributed by atoms with E-state index in [0.29, 0.717) is 5.82 Å². The zero-order valence-corrected chi connectivity index (χ0v) is 18.2. The van der Waals surface area contributed by atoms with Gasteiger partial charge in [0.1, 0.15) is 5.75 Å². The fourth-order valence-electron chi connectivity index (χ4n) is 4.53. The van der Waals surface area contributed by atoms with E-state index in [4.69, 9.17) is 9.72 Å². The standard InChI is InChI=1S/C26H25N5O2/c32-21-5-9-23(10-6-21)33-22-7-3-20(4-8-22)29-25-26-28-11-12-31(26)16-24(30-25)17-1-2-18-14-27-15-19(18)13-17/h1-4,7-8,11-14,16,21,23,32H,5-6,9-10,15H2,(H,29,30). The second-order valence-electron chi connectivity index (χ2n) is 8.71. The summed E-state index contributed by atoms with van der Waals surface area (Å²) in [5.41, 5.74) is 6.00. The van der Waals surface area contributed by atoms with Gasteiger partial charge in [-0.2, -0.15) is 0 Å². The molecule has 4 aromatic rings. The number of fused-ring (bicyclic) bond motifs is 2. The third-order valence-corrected chi connectivity index (χ3v) is 6.37. The molecule has 2 aromatic carbocycles. The monoisotopic (exact) mass is 439 g/mol. The number of aliphatic imine (C=N–C) groups is 1. The molecule has 2 N–H and O–H groups in total. The Morgan fingerprint density at radius 1 is 1.03 bits per heavy atom. The van der Waals surface area contributed by atoms with Crippen LogP contribution in [0.1, 0.15) is 36.8 Å². The highest BCUT2D eigenvalue weighted by Crippen LogP contribution is 2.29. The molecule has 1 saturated carbocycles. The van der Waals surface area contributed by atoms with E-state index in [2.05, 4.69) is 33.5 Å². The van der Waals surface area contributed by atoms with Crippen LogP contribution >= 0.6 is 0 Å². The number of aromatic nitrogens is 3. The molecule has 2 aliphatic rings. The molecule has 0 bridgehead atoms. The summed E-state index contributed by atoms with van der Waals surface area (Å²) in [6.45, 7) is 0.720. The molecule has 0 unspecified atom stereocenters. The Bertz CT molecular complexity index is 1320. The van der Waals surface area contributed by atoms with Gasteiger partial charge in [-0.15, -0.1) is 0 Å². The van der Waals surface area contributed by atoms with Crippen LogP contribution in [0.2, 0.25) is 0 Å². The lowest BCUT2D eigenvalue weighted by Crippen LogP contribution is -2.26. The van der Waals surface area contributed by atoms with Crippen LogP contribution in [0, 0.1) is 0 Å². The molecule has 0 amide bonds. The van der Waals surface area contributed by atoms with Crippen molar-refractivity contribution in [2.45, 2.75) is 44.4 Å². The van der Waals surface area contributed by atoms with E-state index in [-0.39, 0.29) is 12.2 Å². The molecule has 1 fully saturated rings. The number of hydrogen-bond donors (Lipinski definition) is 2. The van der Waals surface area contributed by atoms with Crippen LogP contribution in [0.5, 0.6) is 5.75 Å². The van der Waals surface area contributed by atoms with Crippen molar-refractivity contribution in [1.82, 2.24) is 14.4 Å². The Balaban J connectivity index is 1.24. The van der Waals surface area contributed by atoms with E-state index in [1.165, 1.54) is 11.1 Å². The van der Waals surface area contributed by atoms with Crippen molar-refractivity contribution in [3.8, 4) is 17.0 Å². The molecular formula is C26H25N5O2. The van der Waals surface area contributed by atoms with Gasteiger partial charge in [0.15, 0.2) is 11.5 Å². The van der Waals surface area contributed by atoms with Gasteiger partial charge < -0.3 is 19.6 Å². The highest BCUT2D eigenvalue weighted by atomic mass is 16.5. The number of benzene rings is 2. The summed E-state index contributed by atoms with van der Waals surface area (Å²) in [5, 5.41) is 13.1. The molecule has 6 rings (SSSR count). The molecule has 7 nitrogen and oxygen atoms in total. The van der Waals surface area contributed by atoms with Gasteiger partial charge in [-0.05, 0) is 67.1 Å². The van der Waals surface area contributed by atoms with Gasteiger partial charge in [0.2, 0.25) is 0 Å². The van der Waals surface area contributed by atoms with Crippen molar-refractivity contribution in [3.05, 3.63) is 72.2 Å². The average molecular weight is 440 g/mol. The summed E-state index contributed by atoms with van der Waals surface area (Å²) in [4.78, 5) is 13.7. The minimum atomic E-state index is -0.177. The van der Waals surface area contributed by atoms with E-state index in [1.807, 2.05) is 47.3 Å². The van der Waals surface area contributed by atoms with Gasteiger partial charge in [-0.25, -0.2) is 9.97 Å². The van der Waals surface area contributed by atoms with Crippen molar-refractivity contribution in [2.24, 2.45) is 4.99 Å². The summed E-state index contributed by atoms with van der Waals surface area (Å²) in [5.74, 6) is 1.54. The van der Waals surface area contributed by atoms with Gasteiger partial charge in [-0.3, -0.25) is 4.99 Å². The van der Waals surface area contributed by atoms with Crippen molar-refractivity contribution in [1.29, 1.82) is 0 Å². The summed E-state index contributed by atoms with van der Waals surface area (Å²) in [6.07, 6.45) is 11.0. The maximum absolute atomic E-state index is 9.68. The van der Waals surface area contributed by atoms with E-state index in [1.54, 1.807) is 6.20 Å². The first-order valence-corrected chi connectivity index (χ1v) is 11.4. The number of nitrogens with one attached hydrogen (secondary N) is 1. The lowest BCUT2D eigenvalue weighted by molar-refractivity contribution is 0.0666. The number of imidazole rings is 1. The second kappa shape index (κ2) is 8.33. The van der Waals surface area contributed by atoms with Crippen LogP contribution in [0.4, 0.5) is 11.5 Å². The van der Waals surface area contributed by atoms with Crippen molar-refractivity contribution in [2.75, 3.05) is 5.32 Å². The molecule has 0 spiro atoms. The number of aliphatic hydroxyl groups is 1. The maximum Gasteiger partial charge on any atom is 0.180 e. The molecule has 1 aliphatic heterocycles. The number of aliphatic hydroxyl groups excluding tert-OH is 1. The molecule has 3 heterocycles. The van der Waals surface area contributed by atoms with E-state index in [9.17, 15) is 5.11 Å². The van der Waals surface area contributed by atoms with Gasteiger partial charge >= 0.3 is 0 Å². The minimum Gasteiger partial charge on any atom is -0.490 e. The zero-order chi connectivity index (χ0) is 22.2. The van der Waals surface area contributed by atoms with Crippen LogP contribution in [-0.2, 0) is 6.54 Å². The van der Waals surface area contributed by atoms with Crippen molar-refractivity contribution < 1.29 is 9.84 Å². The van der Waals surface area contributed by atoms with Crippen LogP contribution < -0.4 is 10.1 Å². The first-order valence-electron chi connectivity index (χ1n) is 11.4. The van der Waals surface area contributed by atoms with Gasteiger partial charge in [-0.1, -0.05) is 12.1 Å². The predicted octanol–water partition coefficient (Wildman–Crippen LogP) is 4.75. The maximum atomic E-state index is 9.68. The summed E-state index contributed by atoms with van der Waals surface area (Å²) in [7, 11) is 0. The molecule has 166 valence electrons. The Morgan fingerprint density at radius 2 is 1.88 bits per heavy atom. The van der Waals surface area contributed by atoms with Crippen molar-refractivity contribution >= 4 is 23.4 Å². The van der Waals surface area contributed by atoms with Gasteiger partial charge in [0.05, 0.1) is 24.4 Å². The molecule has 0 saturated heterocycles. The number of nitrogens with zero attached hydrogens (tertiary/aromatic N) is 4. The van der Waals surface area contributed by atoms with Crippen LogP contribution in [0.15, 0.2) is 66.0 Å². The number of ether oxygens (including phenoxy) is 1. The molecule has 33 heavy (non-hydrogen) atoms. The van der Waals surface area contributed by atoms with Crippen LogP contribution in [0.25, 0.3) is 16.9 Å². The highest BCUT2D eigenvalue weighted by molar-refractivity contribution is 5.86. The van der Waals surface area contributed by atoms with Gasteiger partial charge in [0.25, 0.3) is 0 Å². The SMILES string of the molecule is OC1CCC(Oc2ccc(Nc3nc(-c4ccc5c(c4)CN=C5)cn4ccnc34)cc2)CC1. The topological polar surface area (TPSA) is 84.0 Å². The van der Waals surface area contributed by atoms with Crippen LogP contribution in [-0.4, -0.2) is 37.9 Å². The Hall–Kier alpha value is -3.71. The molecule has 1 aliphatic carbocycles. The molecule has 0 atom stereocenters. The van der Waals surface area contributed by atoms with Crippen molar-refractivity contribution in [3.63, 3.8) is 0 Å². The normalized spacial score (nSPS) is 19.5. The lowest BCUT2D eigenvalue weighted by Gasteiger charge is -2.26. The fraction of sp³-hybridized carbons (Fsp3) is 0.269. The van der Waals surface area contributed by atoms with E-state index in [0.717, 1.165) is 60.6 Å². The van der Waals surface area contributed by atoms with E-state index < -0.39 is 0 Å². The predicted molar refractivity (Wildman–Crippen MR) is 128 cm³/mol. The number of anilines is 2. The highest BCUT2D eigenvalue weighted by Gasteiger charge is 2.20. The minimum absolute atomic E-state index is 0.174. The molecule has 0 radical (unpaired) electrons. The zero-order valence-electron chi connectivity index (χ0n) is 18.2. The molecule has 2 aromatic heterocycles. The fourth-order valence-corrected chi connectivity index (χ4v) is 4.53. The smallest absolute Gasteiger partial charge is 0.180 e. The second-order valence-corrected chi connectivity index (χ2v) is 8.71. The van der Waals surface area contributed by atoms with E-state index >= 15 is 0 Å². The number of rotatable bonds is 5. The first-order chi connectivity index (χ1) is 16.2. The largest absolute Gasteiger partial charge is 0.490 e. The Kier molecular flexibility index (Phi) is 5.03.